The van der Waals surface area contributed by atoms with Crippen LogP contribution in [-0.2, 0) is 19.2 Å². The Balaban J connectivity index is 2.02. The topological polar surface area (TPSA) is 122 Å². The summed E-state index contributed by atoms with van der Waals surface area (Å²) in [6.45, 7) is 0.466. The van der Waals surface area contributed by atoms with E-state index in [1.54, 1.807) is 0 Å². The largest absolute Gasteiger partial charge is 0.368 e. The third-order valence-electron chi connectivity index (χ3n) is 4.12. The highest BCUT2D eigenvalue weighted by atomic mass is 32.2. The van der Waals surface area contributed by atoms with Crippen LogP contribution in [0.25, 0.3) is 0 Å². The van der Waals surface area contributed by atoms with Gasteiger partial charge in [0.25, 0.3) is 0 Å². The Morgan fingerprint density at radius 3 is 2.74 bits per heavy atom. The first-order chi connectivity index (χ1) is 10.9. The summed E-state index contributed by atoms with van der Waals surface area (Å²) >= 11 is 1.43. The second kappa shape index (κ2) is 7.67. The molecule has 2 rings (SSSR count). The van der Waals surface area contributed by atoms with E-state index in [2.05, 4.69) is 10.6 Å². The minimum Gasteiger partial charge on any atom is -0.368 e. The zero-order chi connectivity index (χ0) is 17.0. The molecule has 2 aliphatic heterocycles. The second-order valence-corrected chi connectivity index (χ2v) is 6.68. The van der Waals surface area contributed by atoms with E-state index in [1.807, 2.05) is 6.26 Å². The number of nitrogens with two attached hydrogens (primary N) is 1. The van der Waals surface area contributed by atoms with E-state index in [0.717, 1.165) is 6.42 Å². The standard InChI is InChI=1S/C14H22N4O4S/c1-23-7-9(17-13(21)8-4-5-11(19)16-8)14(22)18-6-2-3-10(18)12(15)20/h8-10H,2-7H2,1H3,(H2,15,20)(H,16,19)(H,17,21)/t8-,9-,10-/m0/s1. The molecule has 0 unspecified atom stereocenters. The van der Waals surface area contributed by atoms with Crippen LogP contribution in [-0.4, -0.2) is 65.2 Å². The van der Waals surface area contributed by atoms with Crippen LogP contribution in [0.4, 0.5) is 0 Å². The molecule has 4 N–H and O–H groups in total. The van der Waals surface area contributed by atoms with Crippen LogP contribution in [0, 0.1) is 0 Å². The molecule has 0 aromatic heterocycles. The van der Waals surface area contributed by atoms with Gasteiger partial charge in [0, 0.05) is 18.7 Å². The van der Waals surface area contributed by atoms with Gasteiger partial charge in [-0.3, -0.25) is 19.2 Å². The summed E-state index contributed by atoms with van der Waals surface area (Å²) in [7, 11) is 0. The number of rotatable bonds is 6. The summed E-state index contributed by atoms with van der Waals surface area (Å²) in [4.78, 5) is 49.0. The SMILES string of the molecule is CSC[C@H](NC(=O)[C@@H]1CCC(=O)N1)C(=O)N1CCC[C@H]1C(N)=O. The number of carbonyl (C=O) groups excluding carboxylic acids is 4. The average molecular weight is 342 g/mol. The zero-order valence-electron chi connectivity index (χ0n) is 13.0. The highest BCUT2D eigenvalue weighted by Crippen LogP contribution is 2.19. The number of hydrogen-bond donors (Lipinski definition) is 3. The third-order valence-corrected chi connectivity index (χ3v) is 4.79. The van der Waals surface area contributed by atoms with Crippen molar-refractivity contribution in [3.8, 4) is 0 Å². The molecular formula is C14H22N4O4S. The molecule has 0 spiro atoms. The molecule has 128 valence electrons. The van der Waals surface area contributed by atoms with Gasteiger partial charge in [0.05, 0.1) is 0 Å². The molecule has 2 fully saturated rings. The molecule has 2 aliphatic rings. The predicted molar refractivity (Wildman–Crippen MR) is 85.4 cm³/mol. The van der Waals surface area contributed by atoms with Crippen molar-refractivity contribution < 1.29 is 19.2 Å². The summed E-state index contributed by atoms with van der Waals surface area (Å²) in [5.74, 6) is -0.941. The lowest BCUT2D eigenvalue weighted by Crippen LogP contribution is -2.56. The van der Waals surface area contributed by atoms with Crippen molar-refractivity contribution >= 4 is 35.4 Å². The smallest absolute Gasteiger partial charge is 0.246 e. The van der Waals surface area contributed by atoms with Crippen LogP contribution in [0.3, 0.4) is 0 Å². The maximum atomic E-state index is 12.7. The number of nitrogens with zero attached hydrogens (tertiary/aromatic N) is 1. The van der Waals surface area contributed by atoms with Crippen molar-refractivity contribution in [3.63, 3.8) is 0 Å². The molecule has 0 bridgehead atoms. The number of amides is 4. The van der Waals surface area contributed by atoms with E-state index in [1.165, 1.54) is 16.7 Å². The molecule has 2 heterocycles. The van der Waals surface area contributed by atoms with Crippen molar-refractivity contribution in [2.24, 2.45) is 5.73 Å². The van der Waals surface area contributed by atoms with E-state index in [-0.39, 0.29) is 17.7 Å². The summed E-state index contributed by atoms with van der Waals surface area (Å²) < 4.78 is 0. The molecule has 0 radical (unpaired) electrons. The van der Waals surface area contributed by atoms with Crippen LogP contribution in [0.2, 0.25) is 0 Å². The number of primary amides is 1. The van der Waals surface area contributed by atoms with Gasteiger partial charge in [-0.25, -0.2) is 0 Å². The molecule has 8 nitrogen and oxygen atoms in total. The van der Waals surface area contributed by atoms with E-state index in [4.69, 9.17) is 5.73 Å². The van der Waals surface area contributed by atoms with E-state index < -0.39 is 24.0 Å². The molecule has 0 aromatic rings. The lowest BCUT2D eigenvalue weighted by molar-refractivity contribution is -0.140. The fraction of sp³-hybridized carbons (Fsp3) is 0.714. The average Bonchev–Trinajstić information content (AvgIpc) is 3.14. The van der Waals surface area contributed by atoms with Gasteiger partial charge in [-0.05, 0) is 25.5 Å². The lowest BCUT2D eigenvalue weighted by atomic mass is 10.1. The van der Waals surface area contributed by atoms with Gasteiger partial charge < -0.3 is 21.3 Å². The number of hydrogen-bond acceptors (Lipinski definition) is 5. The van der Waals surface area contributed by atoms with Crippen molar-refractivity contribution in [3.05, 3.63) is 0 Å². The molecule has 3 atom stereocenters. The summed E-state index contributed by atoms with van der Waals surface area (Å²) in [5.41, 5.74) is 5.34. The third kappa shape index (κ3) is 4.15. The number of nitrogens with one attached hydrogen (secondary N) is 2. The highest BCUT2D eigenvalue weighted by molar-refractivity contribution is 7.98. The predicted octanol–water partition coefficient (Wildman–Crippen LogP) is -1.41. The maximum Gasteiger partial charge on any atom is 0.246 e. The first-order valence-electron chi connectivity index (χ1n) is 7.62. The fourth-order valence-corrected chi connectivity index (χ4v) is 3.51. The summed E-state index contributed by atoms with van der Waals surface area (Å²) in [5, 5.41) is 5.28. The normalized spacial score (nSPS) is 25.1. The number of likely N-dealkylation sites (tertiary alicyclic amines) is 1. The van der Waals surface area contributed by atoms with Gasteiger partial charge in [0.2, 0.25) is 23.6 Å². The van der Waals surface area contributed by atoms with E-state index in [0.29, 0.717) is 31.6 Å². The monoisotopic (exact) mass is 342 g/mol. The molecule has 23 heavy (non-hydrogen) atoms. The molecule has 9 heteroatoms. The van der Waals surface area contributed by atoms with Crippen LogP contribution >= 0.6 is 11.8 Å². The Bertz CT molecular complexity index is 513. The van der Waals surface area contributed by atoms with Crippen molar-refractivity contribution in [2.75, 3.05) is 18.6 Å². The molecule has 0 aromatic carbocycles. The van der Waals surface area contributed by atoms with Crippen LogP contribution < -0.4 is 16.4 Å². The van der Waals surface area contributed by atoms with Gasteiger partial charge in [-0.2, -0.15) is 11.8 Å². The van der Waals surface area contributed by atoms with E-state index >= 15 is 0 Å². The second-order valence-electron chi connectivity index (χ2n) is 5.77. The lowest BCUT2D eigenvalue weighted by Gasteiger charge is -2.28. The van der Waals surface area contributed by atoms with Crippen LogP contribution in [0.15, 0.2) is 0 Å². The van der Waals surface area contributed by atoms with Crippen LogP contribution in [0.5, 0.6) is 0 Å². The molecule has 0 saturated carbocycles. The Morgan fingerprint density at radius 1 is 1.43 bits per heavy atom. The molecular weight excluding hydrogens is 320 g/mol. The minimum absolute atomic E-state index is 0.161. The van der Waals surface area contributed by atoms with Crippen molar-refractivity contribution in [1.29, 1.82) is 0 Å². The van der Waals surface area contributed by atoms with Crippen molar-refractivity contribution in [1.82, 2.24) is 15.5 Å². The molecule has 4 amide bonds. The Morgan fingerprint density at radius 2 is 2.17 bits per heavy atom. The van der Waals surface area contributed by atoms with Gasteiger partial charge in [-0.1, -0.05) is 0 Å². The van der Waals surface area contributed by atoms with Crippen LogP contribution in [0.1, 0.15) is 25.7 Å². The van der Waals surface area contributed by atoms with Gasteiger partial charge in [0.15, 0.2) is 0 Å². The first-order valence-corrected chi connectivity index (χ1v) is 9.02. The molecule has 0 aliphatic carbocycles. The Kier molecular flexibility index (Phi) is 5.86. The Labute approximate surface area is 138 Å². The summed E-state index contributed by atoms with van der Waals surface area (Å²) in [6.07, 6.45) is 3.85. The minimum atomic E-state index is -0.727. The van der Waals surface area contributed by atoms with Gasteiger partial charge in [-0.15, -0.1) is 0 Å². The fourth-order valence-electron chi connectivity index (χ4n) is 2.95. The summed E-state index contributed by atoms with van der Waals surface area (Å²) in [6, 6.07) is -1.92. The number of thioether (sulfide) groups is 1. The maximum absolute atomic E-state index is 12.7. The van der Waals surface area contributed by atoms with Gasteiger partial charge >= 0.3 is 0 Å². The number of carbonyl (C=O) groups is 4. The van der Waals surface area contributed by atoms with E-state index in [9.17, 15) is 19.2 Å². The molecule has 2 saturated heterocycles. The Hall–Kier alpha value is -1.77. The van der Waals surface area contributed by atoms with Crippen molar-refractivity contribution in [2.45, 2.75) is 43.8 Å². The zero-order valence-corrected chi connectivity index (χ0v) is 13.9. The van der Waals surface area contributed by atoms with Gasteiger partial charge in [0.1, 0.15) is 18.1 Å². The highest BCUT2D eigenvalue weighted by Gasteiger charge is 2.37. The first kappa shape index (κ1) is 17.6. The quantitative estimate of drug-likeness (QED) is 0.547.